The average molecular weight is 224 g/mol. The Morgan fingerprint density at radius 3 is 2.65 bits per heavy atom. The van der Waals surface area contributed by atoms with Gasteiger partial charge in [0, 0.05) is 19.2 Å². The number of rotatable bonds is 1. The summed E-state index contributed by atoms with van der Waals surface area (Å²) in [5, 5.41) is 9.24. The number of hydrazone groups is 1. The van der Waals surface area contributed by atoms with Crippen LogP contribution in [0.5, 0.6) is 0 Å². The second-order valence-corrected chi connectivity index (χ2v) is 4.70. The van der Waals surface area contributed by atoms with Gasteiger partial charge in [0.05, 0.1) is 6.04 Å². The molecule has 0 spiro atoms. The van der Waals surface area contributed by atoms with Gasteiger partial charge in [-0.2, -0.15) is 5.10 Å². The van der Waals surface area contributed by atoms with Crippen molar-refractivity contribution in [1.29, 1.82) is 0 Å². The van der Waals surface area contributed by atoms with E-state index in [9.17, 15) is 0 Å². The lowest BCUT2D eigenvalue weighted by atomic mass is 9.96. The molecule has 0 amide bonds. The third-order valence-electron chi connectivity index (χ3n) is 3.45. The lowest BCUT2D eigenvalue weighted by molar-refractivity contribution is 0.291. The van der Waals surface area contributed by atoms with Gasteiger partial charge in [0.1, 0.15) is 0 Å². The van der Waals surface area contributed by atoms with Crippen molar-refractivity contribution in [2.45, 2.75) is 19.4 Å². The Labute approximate surface area is 102 Å². The molecular weight excluding hydrogens is 208 g/mol. The van der Waals surface area contributed by atoms with Gasteiger partial charge in [0.2, 0.25) is 0 Å². The maximum absolute atomic E-state index is 4.50. The Morgan fingerprint density at radius 2 is 1.88 bits per heavy atom. The van der Waals surface area contributed by atoms with Crippen LogP contribution in [-0.4, -0.2) is 17.8 Å². The molecule has 1 heterocycles. The van der Waals surface area contributed by atoms with Crippen LogP contribution >= 0.6 is 0 Å². The maximum atomic E-state index is 4.50. The minimum atomic E-state index is 0.390. The fraction of sp³-hybridized carbons (Fsp3) is 0.267. The van der Waals surface area contributed by atoms with E-state index in [1.54, 1.807) is 0 Å². The predicted molar refractivity (Wildman–Crippen MR) is 72.2 cm³/mol. The molecule has 0 N–H and O–H groups in total. The molecule has 2 heteroatoms. The molecule has 3 rings (SSSR count). The van der Waals surface area contributed by atoms with Crippen molar-refractivity contribution < 1.29 is 0 Å². The van der Waals surface area contributed by atoms with Crippen LogP contribution in [0.4, 0.5) is 0 Å². The number of nitrogens with zero attached hydrogens (tertiary/aromatic N) is 2. The largest absolute Gasteiger partial charge is 0.292 e. The van der Waals surface area contributed by atoms with Crippen LogP contribution in [0.15, 0.2) is 47.6 Å². The van der Waals surface area contributed by atoms with E-state index in [2.05, 4.69) is 66.5 Å². The third-order valence-corrected chi connectivity index (χ3v) is 3.45. The van der Waals surface area contributed by atoms with E-state index in [-0.39, 0.29) is 0 Å². The molecule has 0 bridgehead atoms. The highest BCUT2D eigenvalue weighted by atomic mass is 15.5. The molecule has 2 aromatic carbocycles. The molecule has 0 fully saturated rings. The Bertz CT molecular complexity index is 581. The minimum Gasteiger partial charge on any atom is -0.292 e. The van der Waals surface area contributed by atoms with Crippen molar-refractivity contribution in [3.8, 4) is 0 Å². The quantitative estimate of drug-likeness (QED) is 0.722. The summed E-state index contributed by atoms with van der Waals surface area (Å²) >= 11 is 0. The molecule has 0 saturated heterocycles. The number of hydrogen-bond acceptors (Lipinski definition) is 2. The lowest BCUT2D eigenvalue weighted by Crippen LogP contribution is -2.14. The molecule has 17 heavy (non-hydrogen) atoms. The summed E-state index contributed by atoms with van der Waals surface area (Å²) in [5.74, 6) is 0. The highest BCUT2D eigenvalue weighted by Gasteiger charge is 2.24. The second kappa shape index (κ2) is 3.88. The first-order chi connectivity index (χ1) is 8.25. The van der Waals surface area contributed by atoms with Crippen LogP contribution in [0, 0.1) is 0 Å². The van der Waals surface area contributed by atoms with Gasteiger partial charge in [-0.3, -0.25) is 5.01 Å². The zero-order valence-electron chi connectivity index (χ0n) is 10.2. The van der Waals surface area contributed by atoms with Crippen LogP contribution in [0.2, 0.25) is 0 Å². The predicted octanol–water partition coefficient (Wildman–Crippen LogP) is 3.59. The summed E-state index contributed by atoms with van der Waals surface area (Å²) in [4.78, 5) is 0. The summed E-state index contributed by atoms with van der Waals surface area (Å²) < 4.78 is 0. The molecule has 0 radical (unpaired) electrons. The van der Waals surface area contributed by atoms with E-state index < -0.39 is 0 Å². The van der Waals surface area contributed by atoms with Crippen LogP contribution in [0.3, 0.4) is 0 Å². The Balaban J connectivity index is 2.12. The smallest absolute Gasteiger partial charge is 0.0775 e. The van der Waals surface area contributed by atoms with E-state index in [0.717, 1.165) is 6.42 Å². The Morgan fingerprint density at radius 1 is 1.12 bits per heavy atom. The van der Waals surface area contributed by atoms with Gasteiger partial charge in [-0.15, -0.1) is 0 Å². The summed E-state index contributed by atoms with van der Waals surface area (Å²) in [6.45, 7) is 2.10. The van der Waals surface area contributed by atoms with Crippen LogP contribution in [0.1, 0.15) is 24.9 Å². The zero-order valence-corrected chi connectivity index (χ0v) is 10.2. The molecule has 0 aromatic heterocycles. The summed E-state index contributed by atoms with van der Waals surface area (Å²) in [7, 11) is 2.06. The summed E-state index contributed by atoms with van der Waals surface area (Å²) in [6.07, 6.45) is 1.03. The van der Waals surface area contributed by atoms with Crippen molar-refractivity contribution in [1.82, 2.24) is 5.01 Å². The Kier molecular flexibility index (Phi) is 2.36. The molecule has 2 aromatic rings. The SMILES string of the molecule is CC1=NN(C)C(c2cccc3ccccc23)C1. The van der Waals surface area contributed by atoms with Gasteiger partial charge < -0.3 is 0 Å². The topological polar surface area (TPSA) is 15.6 Å². The van der Waals surface area contributed by atoms with Crippen LogP contribution < -0.4 is 0 Å². The molecule has 1 unspecified atom stereocenters. The van der Waals surface area contributed by atoms with Crippen molar-refractivity contribution in [2.75, 3.05) is 7.05 Å². The molecule has 86 valence electrons. The third kappa shape index (κ3) is 1.70. The highest BCUT2D eigenvalue weighted by molar-refractivity contribution is 5.88. The van der Waals surface area contributed by atoms with Crippen molar-refractivity contribution in [3.63, 3.8) is 0 Å². The van der Waals surface area contributed by atoms with Gasteiger partial charge >= 0.3 is 0 Å². The maximum Gasteiger partial charge on any atom is 0.0775 e. The normalized spacial score (nSPS) is 19.8. The number of fused-ring (bicyclic) bond motifs is 1. The summed E-state index contributed by atoms with van der Waals surface area (Å²) in [5.41, 5.74) is 2.59. The standard InChI is InChI=1S/C15H16N2/c1-11-10-15(17(2)16-11)14-9-5-7-12-6-3-4-8-13(12)14/h3-9,15H,10H2,1-2H3. The van der Waals surface area contributed by atoms with Crippen LogP contribution in [0.25, 0.3) is 10.8 Å². The van der Waals surface area contributed by atoms with E-state index >= 15 is 0 Å². The minimum absolute atomic E-state index is 0.390. The lowest BCUT2D eigenvalue weighted by Gasteiger charge is -2.20. The van der Waals surface area contributed by atoms with E-state index in [1.165, 1.54) is 22.0 Å². The Hall–Kier alpha value is -1.83. The second-order valence-electron chi connectivity index (χ2n) is 4.70. The van der Waals surface area contributed by atoms with Gasteiger partial charge in [0.15, 0.2) is 0 Å². The monoisotopic (exact) mass is 224 g/mol. The fourth-order valence-electron chi connectivity index (χ4n) is 2.64. The summed E-state index contributed by atoms with van der Waals surface area (Å²) in [6, 6.07) is 15.5. The number of hydrogen-bond donors (Lipinski definition) is 0. The first-order valence-electron chi connectivity index (χ1n) is 6.00. The number of benzene rings is 2. The molecule has 1 atom stereocenters. The molecule has 1 aliphatic heterocycles. The molecule has 2 nitrogen and oxygen atoms in total. The van der Waals surface area contributed by atoms with E-state index in [4.69, 9.17) is 0 Å². The molecule has 0 aliphatic carbocycles. The first-order valence-corrected chi connectivity index (χ1v) is 6.00. The van der Waals surface area contributed by atoms with Gasteiger partial charge in [-0.05, 0) is 23.3 Å². The van der Waals surface area contributed by atoms with Crippen molar-refractivity contribution in [2.24, 2.45) is 5.10 Å². The zero-order chi connectivity index (χ0) is 11.8. The van der Waals surface area contributed by atoms with Crippen molar-refractivity contribution >= 4 is 16.5 Å². The van der Waals surface area contributed by atoms with Crippen LogP contribution in [-0.2, 0) is 0 Å². The van der Waals surface area contributed by atoms with Gasteiger partial charge in [0.25, 0.3) is 0 Å². The molecule has 0 saturated carbocycles. The fourth-order valence-corrected chi connectivity index (χ4v) is 2.64. The van der Waals surface area contributed by atoms with Gasteiger partial charge in [-0.25, -0.2) is 0 Å². The van der Waals surface area contributed by atoms with Gasteiger partial charge in [-0.1, -0.05) is 42.5 Å². The van der Waals surface area contributed by atoms with E-state index in [0.29, 0.717) is 6.04 Å². The first kappa shape index (κ1) is 10.3. The van der Waals surface area contributed by atoms with Crippen molar-refractivity contribution in [3.05, 3.63) is 48.0 Å². The highest BCUT2D eigenvalue weighted by Crippen LogP contribution is 2.33. The molecular formula is C15H16N2. The van der Waals surface area contributed by atoms with E-state index in [1.807, 2.05) is 0 Å². The average Bonchev–Trinajstić information content (AvgIpc) is 2.68. The molecule has 1 aliphatic rings.